The molecule has 5 rings (SSSR count). The molecule has 1 atom stereocenters. The fourth-order valence-corrected chi connectivity index (χ4v) is 5.15. The van der Waals surface area contributed by atoms with E-state index in [1.807, 2.05) is 18.2 Å². The van der Waals surface area contributed by atoms with Gasteiger partial charge in [-0.05, 0) is 42.6 Å². The van der Waals surface area contributed by atoms with Crippen LogP contribution < -0.4 is 16.4 Å². The van der Waals surface area contributed by atoms with Gasteiger partial charge in [-0.15, -0.1) is 0 Å². The molecule has 0 spiro atoms. The van der Waals surface area contributed by atoms with E-state index in [1.54, 1.807) is 12.1 Å². The molecule has 0 amide bonds. The second-order valence-corrected chi connectivity index (χ2v) is 8.64. The summed E-state index contributed by atoms with van der Waals surface area (Å²) >= 11 is 0.690. The zero-order chi connectivity index (χ0) is 21.8. The largest absolute Gasteiger partial charge is 0.407 e. The zero-order valence-electron chi connectivity index (χ0n) is 16.1. The van der Waals surface area contributed by atoms with Gasteiger partial charge in [-0.2, -0.15) is 13.2 Å². The molecule has 0 radical (unpaired) electrons. The average molecular weight is 446 g/mol. The van der Waals surface area contributed by atoms with Gasteiger partial charge in [0.2, 0.25) is 0 Å². The Bertz CT molecular complexity index is 1410. The molecule has 1 saturated heterocycles. The Labute approximate surface area is 177 Å². The highest BCUT2D eigenvalue weighted by atomic mass is 32.1. The highest BCUT2D eigenvalue weighted by Gasteiger charge is 2.30. The molecule has 0 saturated carbocycles. The molecule has 1 fully saturated rings. The molecule has 3 heterocycles. The number of benzene rings is 2. The molecular weight excluding hydrogens is 429 g/mol. The fraction of sp³-hybridized carbons (Fsp3) is 0.286. The van der Waals surface area contributed by atoms with E-state index in [1.165, 1.54) is 6.07 Å². The van der Waals surface area contributed by atoms with Crippen LogP contribution in [0, 0.1) is 0 Å². The number of halogens is 3. The van der Waals surface area contributed by atoms with Gasteiger partial charge in [0.25, 0.3) is 11.1 Å². The Hall–Kier alpha value is -2.98. The first-order chi connectivity index (χ1) is 14.8. The molecule has 2 aromatic carbocycles. The molecule has 2 N–H and O–H groups in total. The minimum atomic E-state index is -4.52. The summed E-state index contributed by atoms with van der Waals surface area (Å²) in [5, 5.41) is 3.45. The van der Waals surface area contributed by atoms with E-state index in [0.717, 1.165) is 25.1 Å². The van der Waals surface area contributed by atoms with Gasteiger partial charge in [-0.3, -0.25) is 13.5 Å². The minimum Gasteiger partial charge on any atom is -0.319 e. The van der Waals surface area contributed by atoms with Gasteiger partial charge in [-0.1, -0.05) is 29.7 Å². The van der Waals surface area contributed by atoms with E-state index in [2.05, 4.69) is 15.3 Å². The minimum absolute atomic E-state index is 0.0776. The number of hydrogen-bond donors (Lipinski definition) is 2. The van der Waals surface area contributed by atoms with Gasteiger partial charge in [0, 0.05) is 12.1 Å². The van der Waals surface area contributed by atoms with E-state index in [-0.39, 0.29) is 11.1 Å². The number of H-pyrrole nitrogens is 1. The topological polar surface area (TPSA) is 79.8 Å². The Morgan fingerprint density at radius 1 is 1.19 bits per heavy atom. The van der Waals surface area contributed by atoms with E-state index in [9.17, 15) is 22.8 Å². The third-order valence-corrected chi connectivity index (χ3v) is 6.64. The highest BCUT2D eigenvalue weighted by Crippen LogP contribution is 2.30. The average Bonchev–Trinajstić information content (AvgIpc) is 3.35. The van der Waals surface area contributed by atoms with E-state index in [0.29, 0.717) is 42.7 Å². The number of fused-ring (bicyclic) bond motifs is 2. The Kier molecular flexibility index (Phi) is 4.71. The van der Waals surface area contributed by atoms with Gasteiger partial charge >= 0.3 is 6.18 Å². The molecular formula is C21H17F3N4O2S. The Morgan fingerprint density at radius 3 is 2.77 bits per heavy atom. The molecule has 31 heavy (non-hydrogen) atoms. The Balaban J connectivity index is 1.64. The molecule has 6 nitrogen and oxygen atoms in total. The van der Waals surface area contributed by atoms with Crippen molar-refractivity contribution in [3.8, 4) is 11.3 Å². The van der Waals surface area contributed by atoms with E-state index < -0.39 is 23.8 Å². The lowest BCUT2D eigenvalue weighted by Gasteiger charge is -2.10. The highest BCUT2D eigenvalue weighted by molar-refractivity contribution is 7.14. The van der Waals surface area contributed by atoms with Crippen LogP contribution in [-0.2, 0) is 6.54 Å². The van der Waals surface area contributed by atoms with Gasteiger partial charge in [0.15, 0.2) is 0 Å². The lowest BCUT2D eigenvalue weighted by molar-refractivity contribution is -0.139. The predicted octanol–water partition coefficient (Wildman–Crippen LogP) is 3.61. The van der Waals surface area contributed by atoms with Crippen LogP contribution in [0.2, 0.25) is 0 Å². The van der Waals surface area contributed by atoms with Crippen LogP contribution in [0.4, 0.5) is 13.2 Å². The van der Waals surface area contributed by atoms with Crippen molar-refractivity contribution in [1.82, 2.24) is 19.2 Å². The van der Waals surface area contributed by atoms with Gasteiger partial charge in [0.1, 0.15) is 12.2 Å². The van der Waals surface area contributed by atoms with E-state index >= 15 is 0 Å². The van der Waals surface area contributed by atoms with Crippen molar-refractivity contribution in [2.45, 2.75) is 25.1 Å². The lowest BCUT2D eigenvalue weighted by atomic mass is 9.98. The molecule has 2 aromatic heterocycles. The van der Waals surface area contributed by atoms with Crippen LogP contribution in [0.1, 0.15) is 17.9 Å². The number of hydrogen-bond acceptors (Lipinski definition) is 5. The number of alkyl halides is 3. The normalized spacial score (nSPS) is 17.1. The summed E-state index contributed by atoms with van der Waals surface area (Å²) in [6.45, 7) is 0.472. The molecule has 4 aromatic rings. The van der Waals surface area contributed by atoms with Crippen LogP contribution in [0.15, 0.2) is 46.0 Å². The molecule has 1 aliphatic rings. The fourth-order valence-electron chi connectivity index (χ4n) is 4.02. The molecule has 160 valence electrons. The maximum atomic E-state index is 12.8. The summed E-state index contributed by atoms with van der Waals surface area (Å²) in [6, 6.07) is 10.3. The van der Waals surface area contributed by atoms with E-state index in [4.69, 9.17) is 0 Å². The van der Waals surface area contributed by atoms with Crippen molar-refractivity contribution in [3.63, 3.8) is 0 Å². The molecule has 1 unspecified atom stereocenters. The molecule has 10 heteroatoms. The number of aromatic amines is 1. The third-order valence-electron chi connectivity index (χ3n) is 5.50. The summed E-state index contributed by atoms with van der Waals surface area (Å²) in [5.41, 5.74) is 1.53. The van der Waals surface area contributed by atoms with Crippen LogP contribution in [0.25, 0.3) is 32.4 Å². The Morgan fingerprint density at radius 2 is 2.03 bits per heavy atom. The SMILES string of the molecule is O=c1[nH]c2cc(C3CCNC3)ccc2nc1-c1cccc2c(=O)n(CC(F)(F)F)sc12. The molecule has 0 bridgehead atoms. The number of nitrogens with zero attached hydrogens (tertiary/aromatic N) is 2. The van der Waals surface area contributed by atoms with Crippen LogP contribution in [-0.4, -0.2) is 33.2 Å². The third kappa shape index (κ3) is 3.66. The first-order valence-electron chi connectivity index (χ1n) is 9.75. The number of nitrogens with one attached hydrogen (secondary N) is 2. The van der Waals surface area contributed by atoms with Crippen molar-refractivity contribution in [2.75, 3.05) is 13.1 Å². The van der Waals surface area contributed by atoms with Crippen LogP contribution >= 0.6 is 11.5 Å². The zero-order valence-corrected chi connectivity index (χ0v) is 16.9. The quantitative estimate of drug-likeness (QED) is 0.504. The van der Waals surface area contributed by atoms with Crippen LogP contribution in [0.3, 0.4) is 0 Å². The smallest absolute Gasteiger partial charge is 0.319 e. The van der Waals surface area contributed by atoms with Crippen molar-refractivity contribution in [2.24, 2.45) is 0 Å². The summed E-state index contributed by atoms with van der Waals surface area (Å²) in [4.78, 5) is 32.6. The number of aromatic nitrogens is 3. The summed E-state index contributed by atoms with van der Waals surface area (Å²) in [6.07, 6.45) is -3.49. The second-order valence-electron chi connectivity index (χ2n) is 7.61. The van der Waals surface area contributed by atoms with Crippen LogP contribution in [0.5, 0.6) is 0 Å². The first-order valence-corrected chi connectivity index (χ1v) is 10.5. The van der Waals surface area contributed by atoms with Crippen molar-refractivity contribution in [3.05, 3.63) is 62.7 Å². The predicted molar refractivity (Wildman–Crippen MR) is 114 cm³/mol. The van der Waals surface area contributed by atoms with Crippen molar-refractivity contribution >= 4 is 32.7 Å². The van der Waals surface area contributed by atoms with Crippen molar-refractivity contribution in [1.29, 1.82) is 0 Å². The van der Waals surface area contributed by atoms with Gasteiger partial charge in [0.05, 0.1) is 21.1 Å². The molecule has 1 aliphatic heterocycles. The van der Waals surface area contributed by atoms with Gasteiger partial charge < -0.3 is 10.3 Å². The standard InChI is InChI=1S/C21H17F3N4O2S/c22-21(23,24)10-28-20(30)14-3-1-2-13(18(14)31-28)17-19(29)27-16-8-11(4-5-15(16)26-17)12-6-7-25-9-12/h1-5,8,12,25H,6-7,9-10H2,(H,27,29). The monoisotopic (exact) mass is 446 g/mol. The summed E-state index contributed by atoms with van der Waals surface area (Å²) in [5.74, 6) is 0.381. The summed E-state index contributed by atoms with van der Waals surface area (Å²) < 4.78 is 39.5. The molecule has 0 aliphatic carbocycles. The van der Waals surface area contributed by atoms with Gasteiger partial charge in [-0.25, -0.2) is 4.98 Å². The second kappa shape index (κ2) is 7.31. The first kappa shape index (κ1) is 20.0. The lowest BCUT2D eigenvalue weighted by Crippen LogP contribution is -2.23. The van der Waals surface area contributed by atoms with Crippen molar-refractivity contribution < 1.29 is 13.2 Å². The number of rotatable bonds is 3. The maximum Gasteiger partial charge on any atom is 0.407 e. The summed E-state index contributed by atoms with van der Waals surface area (Å²) in [7, 11) is 0. The maximum absolute atomic E-state index is 12.8.